The van der Waals surface area contributed by atoms with Crippen LogP contribution in [0, 0.1) is 0 Å². The molecular weight excluding hydrogens is 572 g/mol. The van der Waals surface area contributed by atoms with Crippen LogP contribution in [0.5, 0.6) is 0 Å². The summed E-state index contributed by atoms with van der Waals surface area (Å²) in [7, 11) is 0. The molecule has 0 aromatic heterocycles. The maximum atomic E-state index is 13.8. The highest BCUT2D eigenvalue weighted by Crippen LogP contribution is 2.44. The van der Waals surface area contributed by atoms with Gasteiger partial charge >= 0.3 is 18.0 Å². The van der Waals surface area contributed by atoms with Gasteiger partial charge < -0.3 is 24.4 Å². The molecule has 2 aliphatic rings. The van der Waals surface area contributed by atoms with Crippen LogP contribution < -0.4 is 5.32 Å². The van der Waals surface area contributed by atoms with Crippen LogP contribution in [-0.4, -0.2) is 60.7 Å². The normalized spacial score (nSPS) is 16.2. The third-order valence-electron chi connectivity index (χ3n) is 8.30. The number of hydrogen-bond acceptors (Lipinski definition) is 7. The second-order valence-corrected chi connectivity index (χ2v) is 11.7. The topological polar surface area (TPSA) is 111 Å². The third kappa shape index (κ3) is 7.09. The predicted molar refractivity (Wildman–Crippen MR) is 168 cm³/mol. The van der Waals surface area contributed by atoms with Gasteiger partial charge in [-0.25, -0.2) is 9.59 Å². The highest BCUT2D eigenvalue weighted by atomic mass is 16.6. The molecule has 1 N–H and O–H groups in total. The molecule has 2 amide bonds. The van der Waals surface area contributed by atoms with Gasteiger partial charge in [-0.3, -0.25) is 9.59 Å². The first kappa shape index (κ1) is 31.5. The van der Waals surface area contributed by atoms with E-state index in [0.717, 1.165) is 27.8 Å². The molecule has 2 atom stereocenters. The molecular formula is C36H38N2O7. The number of esters is 2. The molecule has 234 valence electrons. The number of ether oxygens (including phenoxy) is 3. The smallest absolute Gasteiger partial charge is 0.407 e. The predicted octanol–water partition coefficient (Wildman–Crippen LogP) is 5.48. The highest BCUT2D eigenvalue weighted by Gasteiger charge is 2.41. The fourth-order valence-corrected chi connectivity index (χ4v) is 6.05. The van der Waals surface area contributed by atoms with Crippen LogP contribution in [0.15, 0.2) is 91.5 Å². The molecule has 1 aliphatic heterocycles. The molecule has 1 fully saturated rings. The first-order chi connectivity index (χ1) is 21.7. The Hall–Kier alpha value is -4.92. The van der Waals surface area contributed by atoms with Crippen molar-refractivity contribution in [1.29, 1.82) is 0 Å². The number of likely N-dealkylation sites (tertiary alicyclic amines) is 1. The number of hydrogen-bond donors (Lipinski definition) is 1. The number of carbonyl (C=O) groups excluding carboxylic acids is 4. The van der Waals surface area contributed by atoms with Crippen molar-refractivity contribution in [1.82, 2.24) is 10.2 Å². The molecule has 1 aliphatic carbocycles. The van der Waals surface area contributed by atoms with Gasteiger partial charge in [-0.05, 0) is 54.5 Å². The lowest BCUT2D eigenvalue weighted by Gasteiger charge is -2.31. The minimum atomic E-state index is -1.31. The Bertz CT molecular complexity index is 1520. The zero-order valence-corrected chi connectivity index (χ0v) is 25.6. The average Bonchev–Trinajstić information content (AvgIpc) is 3.66. The van der Waals surface area contributed by atoms with Crippen molar-refractivity contribution < 1.29 is 33.4 Å². The molecule has 5 rings (SSSR count). The van der Waals surface area contributed by atoms with Crippen molar-refractivity contribution in [2.45, 2.75) is 56.7 Å². The Labute approximate surface area is 263 Å². The number of benzene rings is 3. The largest absolute Gasteiger partial charge is 0.461 e. The van der Waals surface area contributed by atoms with Gasteiger partial charge in [0, 0.05) is 12.5 Å². The van der Waals surface area contributed by atoms with Crippen molar-refractivity contribution >= 4 is 23.9 Å². The van der Waals surface area contributed by atoms with E-state index in [-0.39, 0.29) is 25.7 Å². The third-order valence-corrected chi connectivity index (χ3v) is 8.30. The molecule has 9 heteroatoms. The van der Waals surface area contributed by atoms with E-state index in [1.807, 2.05) is 78.9 Å². The Morgan fingerprint density at radius 1 is 0.933 bits per heavy atom. The van der Waals surface area contributed by atoms with Crippen molar-refractivity contribution in [3.63, 3.8) is 0 Å². The summed E-state index contributed by atoms with van der Waals surface area (Å²) in [6.07, 6.45) is 1.08. The molecule has 1 saturated heterocycles. The summed E-state index contributed by atoms with van der Waals surface area (Å²) in [5.41, 5.74) is 4.15. The van der Waals surface area contributed by atoms with Gasteiger partial charge in [-0.2, -0.15) is 0 Å². The lowest BCUT2D eigenvalue weighted by atomic mass is 9.98. The summed E-state index contributed by atoms with van der Waals surface area (Å²) in [5.74, 6) is -2.02. The number of alkyl carbamates (subject to hydrolysis) is 1. The van der Waals surface area contributed by atoms with Gasteiger partial charge in [0.2, 0.25) is 5.91 Å². The fraction of sp³-hybridized carbons (Fsp3) is 0.333. The van der Waals surface area contributed by atoms with Crippen molar-refractivity contribution in [2.24, 2.45) is 0 Å². The van der Waals surface area contributed by atoms with Gasteiger partial charge in [0.05, 0.1) is 6.42 Å². The Morgan fingerprint density at radius 2 is 1.56 bits per heavy atom. The number of carbonyl (C=O) groups is 4. The molecule has 3 aromatic carbocycles. The van der Waals surface area contributed by atoms with E-state index in [1.54, 1.807) is 13.8 Å². The maximum Gasteiger partial charge on any atom is 0.407 e. The quantitative estimate of drug-likeness (QED) is 0.174. The molecule has 45 heavy (non-hydrogen) atoms. The minimum Gasteiger partial charge on any atom is -0.461 e. The lowest BCUT2D eigenvalue weighted by Crippen LogP contribution is -2.53. The molecule has 0 radical (unpaired) electrons. The number of amides is 2. The van der Waals surface area contributed by atoms with Crippen LogP contribution >= 0.6 is 0 Å². The Kier molecular flexibility index (Phi) is 9.66. The standard InChI is InChI=1S/C36H38N2O7/c1-4-21-43-32(39)22-30(33(40)38-20-12-19-31(38)34(41)45-36(2,3)24-13-6-5-7-14-24)37-35(42)44-23-29-27-17-10-8-15-25(27)26-16-9-11-18-28(26)29/h4-11,13-18,29-31H,1,12,19-23H2,2-3H3,(H,37,42)/t30?,31-/m0/s1. The minimum absolute atomic E-state index is 0.0366. The summed E-state index contributed by atoms with van der Waals surface area (Å²) in [6.45, 7) is 7.39. The highest BCUT2D eigenvalue weighted by molar-refractivity contribution is 5.93. The van der Waals surface area contributed by atoms with E-state index in [2.05, 4.69) is 11.9 Å². The van der Waals surface area contributed by atoms with Gasteiger partial charge in [-0.1, -0.05) is 91.5 Å². The van der Waals surface area contributed by atoms with Crippen LogP contribution in [0.3, 0.4) is 0 Å². The molecule has 0 spiro atoms. The van der Waals surface area contributed by atoms with Crippen molar-refractivity contribution in [2.75, 3.05) is 19.8 Å². The number of nitrogens with zero attached hydrogens (tertiary/aromatic N) is 1. The van der Waals surface area contributed by atoms with E-state index in [4.69, 9.17) is 14.2 Å². The summed E-state index contributed by atoms with van der Waals surface area (Å²) >= 11 is 0. The van der Waals surface area contributed by atoms with Gasteiger partial charge in [0.25, 0.3) is 0 Å². The summed E-state index contributed by atoms with van der Waals surface area (Å²) < 4.78 is 16.7. The molecule has 9 nitrogen and oxygen atoms in total. The molecule has 3 aromatic rings. The average molecular weight is 611 g/mol. The fourth-order valence-electron chi connectivity index (χ4n) is 6.05. The molecule has 0 bridgehead atoms. The maximum absolute atomic E-state index is 13.8. The second kappa shape index (κ2) is 13.8. The zero-order valence-electron chi connectivity index (χ0n) is 25.6. The van der Waals surface area contributed by atoms with E-state index < -0.39 is 48.0 Å². The molecule has 1 heterocycles. The van der Waals surface area contributed by atoms with Gasteiger partial charge in [0.15, 0.2) is 0 Å². The van der Waals surface area contributed by atoms with Gasteiger partial charge in [-0.15, -0.1) is 0 Å². The number of nitrogens with one attached hydrogen (secondary N) is 1. The number of rotatable bonds is 11. The summed E-state index contributed by atoms with van der Waals surface area (Å²) in [6, 6.07) is 23.1. The summed E-state index contributed by atoms with van der Waals surface area (Å²) in [5, 5.41) is 2.58. The van der Waals surface area contributed by atoms with Crippen LogP contribution in [-0.2, 0) is 34.2 Å². The van der Waals surface area contributed by atoms with Crippen LogP contribution in [0.2, 0.25) is 0 Å². The first-order valence-corrected chi connectivity index (χ1v) is 15.2. The van der Waals surface area contributed by atoms with Crippen LogP contribution in [0.25, 0.3) is 11.1 Å². The second-order valence-electron chi connectivity index (χ2n) is 11.7. The summed E-state index contributed by atoms with van der Waals surface area (Å²) in [4.78, 5) is 54.3. The van der Waals surface area contributed by atoms with E-state index in [0.29, 0.717) is 12.8 Å². The van der Waals surface area contributed by atoms with Crippen LogP contribution in [0.4, 0.5) is 4.79 Å². The molecule has 1 unspecified atom stereocenters. The van der Waals surface area contributed by atoms with Crippen molar-refractivity contribution in [3.8, 4) is 11.1 Å². The lowest BCUT2D eigenvalue weighted by molar-refractivity contribution is -0.166. The monoisotopic (exact) mass is 610 g/mol. The van der Waals surface area contributed by atoms with Crippen molar-refractivity contribution in [3.05, 3.63) is 108 Å². The van der Waals surface area contributed by atoms with Gasteiger partial charge in [0.1, 0.15) is 30.9 Å². The first-order valence-electron chi connectivity index (χ1n) is 15.2. The van der Waals surface area contributed by atoms with E-state index in [1.165, 1.54) is 11.0 Å². The zero-order chi connectivity index (χ0) is 32.0. The van der Waals surface area contributed by atoms with E-state index in [9.17, 15) is 19.2 Å². The Morgan fingerprint density at radius 3 is 2.20 bits per heavy atom. The SMILES string of the molecule is C=CCOC(=O)CC(NC(=O)OCC1c2ccccc2-c2ccccc21)C(=O)N1CCC[C@H]1C(=O)OC(C)(C)c1ccccc1. The van der Waals surface area contributed by atoms with E-state index >= 15 is 0 Å². The Balaban J connectivity index is 1.28. The molecule has 0 saturated carbocycles. The number of fused-ring (bicyclic) bond motifs is 3. The van der Waals surface area contributed by atoms with Crippen LogP contribution in [0.1, 0.15) is 55.7 Å².